The Morgan fingerprint density at radius 3 is 2.14 bits per heavy atom. The minimum atomic E-state index is -5.01. The number of amides is 1. The monoisotopic (exact) mass is 624 g/mol. The highest BCUT2D eigenvalue weighted by Gasteiger charge is 2.48. The molecule has 5 rings (SSSR count). The van der Waals surface area contributed by atoms with Gasteiger partial charge in [-0.05, 0) is 117 Å². The van der Waals surface area contributed by atoms with Gasteiger partial charge >= 0.3 is 12.4 Å². The second-order valence-electron chi connectivity index (χ2n) is 11.8. The van der Waals surface area contributed by atoms with E-state index < -0.39 is 47.2 Å². The molecule has 1 saturated carbocycles. The van der Waals surface area contributed by atoms with E-state index in [4.69, 9.17) is 0 Å². The molecular weight excluding hydrogens is 592 g/mol. The number of hydrogen-bond acceptors (Lipinski definition) is 2. The third-order valence-corrected chi connectivity index (χ3v) is 9.02. The van der Waals surface area contributed by atoms with Gasteiger partial charge in [0.2, 0.25) is 5.91 Å². The number of carbonyl (C=O) groups excluding carboxylic acids is 1. The molecule has 11 heteroatoms. The minimum Gasteiger partial charge on any atom is -0.351 e. The van der Waals surface area contributed by atoms with E-state index in [0.29, 0.717) is 37.0 Å². The maximum Gasteiger partial charge on any atom is 0.416 e. The van der Waals surface area contributed by atoms with Gasteiger partial charge in [0.25, 0.3) is 0 Å². The van der Waals surface area contributed by atoms with Crippen molar-refractivity contribution in [1.82, 2.24) is 10.2 Å². The maximum atomic E-state index is 14.4. The van der Waals surface area contributed by atoms with Crippen molar-refractivity contribution in [3.63, 3.8) is 0 Å². The van der Waals surface area contributed by atoms with E-state index >= 15 is 0 Å². The Hall–Kier alpha value is -3.47. The number of likely N-dealkylation sites (tertiary alicyclic amines) is 1. The van der Waals surface area contributed by atoms with Crippen LogP contribution in [0.4, 0.5) is 35.1 Å². The van der Waals surface area contributed by atoms with Gasteiger partial charge < -0.3 is 10.2 Å². The van der Waals surface area contributed by atoms with E-state index in [1.807, 2.05) is 0 Å². The second kappa shape index (κ2) is 12.5. The summed E-state index contributed by atoms with van der Waals surface area (Å²) in [6, 6.07) is 13.3. The van der Waals surface area contributed by atoms with Crippen molar-refractivity contribution < 1.29 is 39.9 Å². The van der Waals surface area contributed by atoms with Crippen molar-refractivity contribution in [2.45, 2.75) is 74.8 Å². The molecule has 0 radical (unpaired) electrons. The lowest BCUT2D eigenvalue weighted by molar-refractivity contribution is -0.143. The van der Waals surface area contributed by atoms with Crippen LogP contribution in [0.25, 0.3) is 0 Å². The fourth-order valence-electron chi connectivity index (χ4n) is 6.74. The van der Waals surface area contributed by atoms with Gasteiger partial charge in [-0.25, -0.2) is 8.78 Å². The highest BCUT2D eigenvalue weighted by molar-refractivity contribution is 5.88. The molecule has 2 fully saturated rings. The fourth-order valence-corrected chi connectivity index (χ4v) is 6.74. The van der Waals surface area contributed by atoms with Crippen molar-refractivity contribution in [3.8, 4) is 0 Å². The van der Waals surface area contributed by atoms with Gasteiger partial charge in [-0.2, -0.15) is 26.3 Å². The average molecular weight is 625 g/mol. The first-order chi connectivity index (χ1) is 20.7. The molecule has 1 aliphatic heterocycles. The molecule has 3 aromatic rings. The van der Waals surface area contributed by atoms with E-state index in [1.54, 1.807) is 18.2 Å². The summed E-state index contributed by atoms with van der Waals surface area (Å²) in [5.74, 6) is -1.17. The van der Waals surface area contributed by atoms with E-state index in [9.17, 15) is 39.9 Å². The first-order valence-corrected chi connectivity index (χ1v) is 14.6. The van der Waals surface area contributed by atoms with Gasteiger partial charge in [0.15, 0.2) is 0 Å². The lowest BCUT2D eigenvalue weighted by atomic mass is 9.77. The number of nitrogens with zero attached hydrogens (tertiary/aromatic N) is 1. The number of nitrogens with one attached hydrogen (secondary N) is 1. The Labute approximate surface area is 250 Å². The highest BCUT2D eigenvalue weighted by Crippen LogP contribution is 2.45. The molecule has 0 bridgehead atoms. The molecule has 0 aromatic heterocycles. The molecule has 3 aromatic carbocycles. The predicted octanol–water partition coefficient (Wildman–Crippen LogP) is 8.38. The van der Waals surface area contributed by atoms with Crippen molar-refractivity contribution in [2.24, 2.45) is 0 Å². The molecule has 3 atom stereocenters. The Morgan fingerprint density at radius 1 is 0.818 bits per heavy atom. The van der Waals surface area contributed by atoms with Crippen molar-refractivity contribution >= 4 is 5.91 Å². The normalized spacial score (nSPS) is 23.4. The van der Waals surface area contributed by atoms with Crippen LogP contribution in [0.1, 0.15) is 72.3 Å². The van der Waals surface area contributed by atoms with E-state index in [1.165, 1.54) is 30.3 Å². The third kappa shape index (κ3) is 7.08. The number of carbonyl (C=O) groups is 1. The van der Waals surface area contributed by atoms with Crippen LogP contribution in [0, 0.1) is 11.6 Å². The number of benzene rings is 3. The summed E-state index contributed by atoms with van der Waals surface area (Å²) in [5.41, 5.74) is -3.00. The van der Waals surface area contributed by atoms with Crippen LogP contribution in [-0.2, 0) is 29.1 Å². The quantitative estimate of drug-likeness (QED) is 0.280. The van der Waals surface area contributed by atoms with Crippen LogP contribution >= 0.6 is 0 Å². The molecule has 3 nitrogen and oxygen atoms in total. The Kier molecular flexibility index (Phi) is 9.07. The van der Waals surface area contributed by atoms with Crippen LogP contribution in [0.2, 0.25) is 0 Å². The van der Waals surface area contributed by atoms with Crippen molar-refractivity contribution in [3.05, 3.63) is 106 Å². The first-order valence-electron chi connectivity index (χ1n) is 14.6. The SMILES string of the molecule is O=C(NCc1cc(C(F)(F)F)cc(C(F)(F)F)c1)C1(c2cccc(F)c2)CCC(N2CCCC(c3ccc(F)cc3)CC2)C1. The van der Waals surface area contributed by atoms with Gasteiger partial charge in [0.1, 0.15) is 11.6 Å². The first kappa shape index (κ1) is 31.9. The van der Waals surface area contributed by atoms with E-state index in [-0.39, 0.29) is 29.4 Å². The molecule has 2 aliphatic rings. The molecule has 1 saturated heterocycles. The van der Waals surface area contributed by atoms with Crippen molar-refractivity contribution in [2.75, 3.05) is 13.1 Å². The number of alkyl halides is 6. The standard InChI is InChI=1S/C33H32F8N2O/c34-27-8-6-23(7-9-27)22-3-2-13-43(14-11-22)29-10-12-31(19-29,24-4-1-5-28(35)18-24)30(44)42-20-21-15-25(32(36,37)38)17-26(16-21)33(39,40)41/h1,4-9,15-18,22,29H,2-3,10-14,19-20H2,(H,42,44). The zero-order valence-corrected chi connectivity index (χ0v) is 23.7. The van der Waals surface area contributed by atoms with E-state index in [0.717, 1.165) is 37.9 Å². The lowest BCUT2D eigenvalue weighted by Gasteiger charge is -2.32. The zero-order chi connectivity index (χ0) is 31.7. The van der Waals surface area contributed by atoms with Gasteiger partial charge in [-0.1, -0.05) is 24.3 Å². The summed E-state index contributed by atoms with van der Waals surface area (Å²) in [5, 5.41) is 2.58. The number of halogens is 8. The van der Waals surface area contributed by atoms with Gasteiger partial charge in [-0.3, -0.25) is 4.79 Å². The van der Waals surface area contributed by atoms with Crippen LogP contribution in [0.3, 0.4) is 0 Å². The van der Waals surface area contributed by atoms with Crippen molar-refractivity contribution in [1.29, 1.82) is 0 Å². The third-order valence-electron chi connectivity index (χ3n) is 9.02. The topological polar surface area (TPSA) is 32.3 Å². The predicted molar refractivity (Wildman–Crippen MR) is 149 cm³/mol. The number of hydrogen-bond donors (Lipinski definition) is 1. The molecule has 3 unspecified atom stereocenters. The van der Waals surface area contributed by atoms with Gasteiger partial charge in [0, 0.05) is 12.6 Å². The molecule has 1 heterocycles. The fraction of sp³-hybridized carbons (Fsp3) is 0.424. The van der Waals surface area contributed by atoms with Crippen LogP contribution < -0.4 is 5.32 Å². The van der Waals surface area contributed by atoms with Gasteiger partial charge in [-0.15, -0.1) is 0 Å². The summed E-state index contributed by atoms with van der Waals surface area (Å²) in [4.78, 5) is 16.2. The lowest BCUT2D eigenvalue weighted by Crippen LogP contribution is -2.44. The smallest absolute Gasteiger partial charge is 0.351 e. The second-order valence-corrected chi connectivity index (χ2v) is 11.8. The molecule has 1 aliphatic carbocycles. The van der Waals surface area contributed by atoms with Crippen LogP contribution in [0.5, 0.6) is 0 Å². The average Bonchev–Trinajstić information content (AvgIpc) is 3.28. The van der Waals surface area contributed by atoms with E-state index in [2.05, 4.69) is 10.2 Å². The Balaban J connectivity index is 1.35. The molecule has 1 amide bonds. The Morgan fingerprint density at radius 2 is 1.50 bits per heavy atom. The molecule has 236 valence electrons. The molecule has 1 N–H and O–H groups in total. The summed E-state index contributed by atoms with van der Waals surface area (Å²) < 4.78 is 108. The molecule has 0 spiro atoms. The summed E-state index contributed by atoms with van der Waals surface area (Å²) >= 11 is 0. The summed E-state index contributed by atoms with van der Waals surface area (Å²) in [6.07, 6.45) is -6.13. The molecule has 44 heavy (non-hydrogen) atoms. The zero-order valence-electron chi connectivity index (χ0n) is 23.7. The largest absolute Gasteiger partial charge is 0.416 e. The molecular formula is C33H32F8N2O. The van der Waals surface area contributed by atoms with Crippen LogP contribution in [-0.4, -0.2) is 29.9 Å². The summed E-state index contributed by atoms with van der Waals surface area (Å²) in [7, 11) is 0. The van der Waals surface area contributed by atoms with Crippen LogP contribution in [0.15, 0.2) is 66.7 Å². The Bertz CT molecular complexity index is 1440. The minimum absolute atomic E-state index is 0.0404. The summed E-state index contributed by atoms with van der Waals surface area (Å²) in [6.45, 7) is 0.947. The number of rotatable bonds is 6. The maximum absolute atomic E-state index is 14.4. The highest BCUT2D eigenvalue weighted by atomic mass is 19.4. The van der Waals surface area contributed by atoms with Gasteiger partial charge in [0.05, 0.1) is 16.5 Å².